The van der Waals surface area contributed by atoms with E-state index in [1.54, 1.807) is 19.2 Å². The fourth-order valence-corrected chi connectivity index (χ4v) is 2.70. The van der Waals surface area contributed by atoms with Gasteiger partial charge in [0.1, 0.15) is 11.6 Å². The Morgan fingerprint density at radius 2 is 1.95 bits per heavy atom. The first-order valence-electron chi connectivity index (χ1n) is 6.04. The first kappa shape index (κ1) is 13.9. The molecular weight excluding hydrogens is 261 g/mol. The maximum Gasteiger partial charge on any atom is 0.137 e. The highest BCUT2D eigenvalue weighted by Gasteiger charge is 2.08. The van der Waals surface area contributed by atoms with E-state index >= 15 is 0 Å². The van der Waals surface area contributed by atoms with Crippen molar-refractivity contribution in [3.05, 3.63) is 53.8 Å². The molecule has 0 aliphatic heterocycles. The summed E-state index contributed by atoms with van der Waals surface area (Å²) in [5.74, 6) is 0.528. The molecule has 100 valence electrons. The molecule has 2 aromatic rings. The van der Waals surface area contributed by atoms with Crippen molar-refractivity contribution in [2.45, 2.75) is 16.2 Å². The lowest BCUT2D eigenvalue weighted by Crippen LogP contribution is -2.02. The Morgan fingerprint density at radius 1 is 1.16 bits per heavy atom. The molecule has 0 saturated carbocycles. The molecule has 2 nitrogen and oxygen atoms in total. The lowest BCUT2D eigenvalue weighted by atomic mass is 10.1. The lowest BCUT2D eigenvalue weighted by molar-refractivity contribution is 0.405. The van der Waals surface area contributed by atoms with Crippen molar-refractivity contribution in [3.8, 4) is 5.75 Å². The molecule has 2 N–H and O–H groups in total. The molecule has 0 aliphatic rings. The number of benzene rings is 2. The highest BCUT2D eigenvalue weighted by molar-refractivity contribution is 7.99. The maximum atomic E-state index is 14.0. The molecule has 0 aromatic heterocycles. The highest BCUT2D eigenvalue weighted by atomic mass is 32.2. The fourth-order valence-electron chi connectivity index (χ4n) is 1.77. The standard InChI is InChI=1S/C15H16FNOS/c1-18-13-4-2-3-5-15(13)19-14-7-6-11(8-9-17)10-12(14)16/h2-7,10H,8-9,17H2,1H3. The van der Waals surface area contributed by atoms with Gasteiger partial charge in [-0.15, -0.1) is 0 Å². The van der Waals surface area contributed by atoms with Crippen molar-refractivity contribution in [2.24, 2.45) is 5.73 Å². The van der Waals surface area contributed by atoms with E-state index in [1.165, 1.54) is 11.8 Å². The number of hydrogen-bond acceptors (Lipinski definition) is 3. The van der Waals surface area contributed by atoms with E-state index in [-0.39, 0.29) is 5.82 Å². The SMILES string of the molecule is COc1ccccc1Sc1ccc(CCN)cc1F. The number of halogens is 1. The molecule has 0 unspecified atom stereocenters. The van der Waals surface area contributed by atoms with Gasteiger partial charge >= 0.3 is 0 Å². The van der Waals surface area contributed by atoms with Crippen LogP contribution in [0, 0.1) is 5.82 Å². The number of hydrogen-bond donors (Lipinski definition) is 1. The Balaban J connectivity index is 2.23. The van der Waals surface area contributed by atoms with E-state index < -0.39 is 0 Å². The number of para-hydroxylation sites is 1. The zero-order valence-electron chi connectivity index (χ0n) is 10.7. The van der Waals surface area contributed by atoms with Crippen LogP contribution < -0.4 is 10.5 Å². The number of ether oxygens (including phenoxy) is 1. The third kappa shape index (κ3) is 3.49. The van der Waals surface area contributed by atoms with Crippen LogP contribution in [0.4, 0.5) is 4.39 Å². The van der Waals surface area contributed by atoms with Crippen molar-refractivity contribution in [1.82, 2.24) is 0 Å². The molecule has 19 heavy (non-hydrogen) atoms. The molecule has 2 aromatic carbocycles. The summed E-state index contributed by atoms with van der Waals surface area (Å²) in [5, 5.41) is 0. The van der Waals surface area contributed by atoms with Crippen LogP contribution in [0.25, 0.3) is 0 Å². The molecule has 0 spiro atoms. The van der Waals surface area contributed by atoms with E-state index in [2.05, 4.69) is 0 Å². The van der Waals surface area contributed by atoms with Crippen LogP contribution in [0.15, 0.2) is 52.3 Å². The summed E-state index contributed by atoms with van der Waals surface area (Å²) in [5.41, 5.74) is 6.39. The van der Waals surface area contributed by atoms with Crippen molar-refractivity contribution >= 4 is 11.8 Å². The van der Waals surface area contributed by atoms with Crippen LogP contribution in [-0.2, 0) is 6.42 Å². The topological polar surface area (TPSA) is 35.2 Å². The third-order valence-corrected chi connectivity index (χ3v) is 3.83. The van der Waals surface area contributed by atoms with Gasteiger partial charge < -0.3 is 10.5 Å². The zero-order valence-corrected chi connectivity index (χ0v) is 11.5. The molecule has 0 aliphatic carbocycles. The van der Waals surface area contributed by atoms with Gasteiger partial charge in [0.2, 0.25) is 0 Å². The van der Waals surface area contributed by atoms with Crippen LogP contribution in [0.3, 0.4) is 0 Å². The van der Waals surface area contributed by atoms with Gasteiger partial charge in [0, 0.05) is 4.90 Å². The van der Waals surface area contributed by atoms with Crippen LogP contribution in [-0.4, -0.2) is 13.7 Å². The molecule has 0 heterocycles. The van der Waals surface area contributed by atoms with E-state index in [1.807, 2.05) is 30.3 Å². The first-order valence-corrected chi connectivity index (χ1v) is 6.85. The van der Waals surface area contributed by atoms with Crippen LogP contribution in [0.2, 0.25) is 0 Å². The first-order chi connectivity index (χ1) is 9.24. The summed E-state index contributed by atoms with van der Waals surface area (Å²) in [6.45, 7) is 0.526. The minimum absolute atomic E-state index is 0.221. The second-order valence-corrected chi connectivity index (χ2v) is 5.14. The summed E-state index contributed by atoms with van der Waals surface area (Å²) in [6.07, 6.45) is 0.691. The molecule has 4 heteroatoms. The van der Waals surface area contributed by atoms with Gasteiger partial charge in [-0.3, -0.25) is 0 Å². The van der Waals surface area contributed by atoms with Crippen molar-refractivity contribution in [1.29, 1.82) is 0 Å². The quantitative estimate of drug-likeness (QED) is 0.908. The second kappa shape index (κ2) is 6.59. The van der Waals surface area contributed by atoms with Crippen LogP contribution in [0.5, 0.6) is 5.75 Å². The van der Waals surface area contributed by atoms with E-state index in [0.717, 1.165) is 16.2 Å². The Labute approximate surface area is 116 Å². The van der Waals surface area contributed by atoms with Gasteiger partial charge in [-0.1, -0.05) is 30.0 Å². The molecular formula is C15H16FNOS. The summed E-state index contributed by atoms with van der Waals surface area (Å²) < 4.78 is 19.3. The number of rotatable bonds is 5. The molecule has 0 atom stereocenters. The molecule has 0 saturated heterocycles. The number of nitrogens with two attached hydrogens (primary N) is 1. The van der Waals surface area contributed by atoms with Gasteiger partial charge in [0.25, 0.3) is 0 Å². The Hall–Kier alpha value is -1.52. The van der Waals surface area contributed by atoms with Crippen LogP contribution >= 0.6 is 11.8 Å². The van der Waals surface area contributed by atoms with E-state index in [9.17, 15) is 4.39 Å². The van der Waals surface area contributed by atoms with Gasteiger partial charge in [-0.25, -0.2) is 4.39 Å². The Kier molecular flexibility index (Phi) is 4.82. The lowest BCUT2D eigenvalue weighted by Gasteiger charge is -2.09. The van der Waals surface area contributed by atoms with Gasteiger partial charge in [0.05, 0.1) is 12.0 Å². The smallest absolute Gasteiger partial charge is 0.137 e. The maximum absolute atomic E-state index is 14.0. The highest BCUT2D eigenvalue weighted by Crippen LogP contribution is 2.36. The second-order valence-electron chi connectivity index (χ2n) is 4.06. The third-order valence-electron chi connectivity index (χ3n) is 2.72. The average molecular weight is 277 g/mol. The summed E-state index contributed by atoms with van der Waals surface area (Å²) >= 11 is 1.36. The largest absolute Gasteiger partial charge is 0.496 e. The summed E-state index contributed by atoms with van der Waals surface area (Å²) in [6, 6.07) is 12.8. The predicted octanol–water partition coefficient (Wildman–Crippen LogP) is 3.49. The van der Waals surface area contributed by atoms with Gasteiger partial charge in [-0.2, -0.15) is 0 Å². The van der Waals surface area contributed by atoms with Crippen molar-refractivity contribution in [3.63, 3.8) is 0 Å². The fraction of sp³-hybridized carbons (Fsp3) is 0.200. The monoisotopic (exact) mass is 277 g/mol. The van der Waals surface area contributed by atoms with E-state index in [0.29, 0.717) is 17.9 Å². The molecule has 0 amide bonds. The van der Waals surface area contributed by atoms with Crippen molar-refractivity contribution in [2.75, 3.05) is 13.7 Å². The summed E-state index contributed by atoms with van der Waals surface area (Å²) in [7, 11) is 1.61. The molecule has 0 radical (unpaired) electrons. The number of methoxy groups -OCH3 is 1. The summed E-state index contributed by atoms with van der Waals surface area (Å²) in [4.78, 5) is 1.49. The molecule has 0 fully saturated rings. The van der Waals surface area contributed by atoms with E-state index in [4.69, 9.17) is 10.5 Å². The molecule has 0 bridgehead atoms. The Morgan fingerprint density at radius 3 is 2.63 bits per heavy atom. The normalized spacial score (nSPS) is 10.5. The zero-order chi connectivity index (χ0) is 13.7. The Bertz CT molecular complexity index is 560. The van der Waals surface area contributed by atoms with Gasteiger partial charge in [0.15, 0.2) is 0 Å². The minimum atomic E-state index is -0.221. The van der Waals surface area contributed by atoms with Gasteiger partial charge in [-0.05, 0) is 42.8 Å². The minimum Gasteiger partial charge on any atom is -0.496 e. The molecule has 2 rings (SSSR count). The predicted molar refractivity (Wildman–Crippen MR) is 76.3 cm³/mol. The van der Waals surface area contributed by atoms with Crippen molar-refractivity contribution < 1.29 is 9.13 Å². The average Bonchev–Trinajstić information content (AvgIpc) is 2.43. The van der Waals surface area contributed by atoms with Crippen LogP contribution in [0.1, 0.15) is 5.56 Å².